The summed E-state index contributed by atoms with van der Waals surface area (Å²) in [5.74, 6) is -0.353. The van der Waals surface area contributed by atoms with Crippen LogP contribution in [0, 0.1) is 0 Å². The highest BCUT2D eigenvalue weighted by molar-refractivity contribution is 7.22. The number of ketones is 1. The smallest absolute Gasteiger partial charge is 0.301 e. The molecule has 1 aromatic heterocycles. The van der Waals surface area contributed by atoms with Crippen LogP contribution in [0.4, 0.5) is 5.13 Å². The summed E-state index contributed by atoms with van der Waals surface area (Å²) >= 11 is 1.29. The van der Waals surface area contributed by atoms with Crippen molar-refractivity contribution in [1.82, 2.24) is 4.98 Å². The molecule has 1 aliphatic heterocycles. The minimum Gasteiger partial charge on any atom is -0.507 e. The van der Waals surface area contributed by atoms with E-state index in [0.717, 1.165) is 4.70 Å². The lowest BCUT2D eigenvalue weighted by Gasteiger charge is -2.23. The summed E-state index contributed by atoms with van der Waals surface area (Å²) in [5.41, 5.74) is 1.82. The van der Waals surface area contributed by atoms with Gasteiger partial charge in [-0.2, -0.15) is 0 Å². The molecule has 3 aromatic carbocycles. The maximum Gasteiger partial charge on any atom is 0.301 e. The second kappa shape index (κ2) is 9.83. The number of fused-ring (bicyclic) bond motifs is 1. The zero-order valence-electron chi connectivity index (χ0n) is 19.8. The molecule has 5 rings (SSSR count). The van der Waals surface area contributed by atoms with Gasteiger partial charge in [-0.3, -0.25) is 14.5 Å². The molecule has 0 radical (unpaired) electrons. The van der Waals surface area contributed by atoms with Crippen LogP contribution in [0.25, 0.3) is 16.0 Å². The van der Waals surface area contributed by atoms with Gasteiger partial charge in [0.2, 0.25) is 0 Å². The first kappa shape index (κ1) is 23.6. The van der Waals surface area contributed by atoms with Crippen LogP contribution in [-0.2, 0) is 9.59 Å². The Morgan fingerprint density at radius 3 is 2.31 bits per heavy atom. The lowest BCUT2D eigenvalue weighted by molar-refractivity contribution is -0.132. The molecular weight excluding hydrogens is 476 g/mol. The summed E-state index contributed by atoms with van der Waals surface area (Å²) in [6, 6.07) is 20.6. The maximum atomic E-state index is 13.4. The quantitative estimate of drug-likeness (QED) is 0.198. The fourth-order valence-corrected chi connectivity index (χ4v) is 5.28. The third-order valence-corrected chi connectivity index (χ3v) is 6.88. The topological polar surface area (TPSA) is 89.0 Å². The molecule has 0 aliphatic carbocycles. The molecule has 0 spiro atoms. The fourth-order valence-electron chi connectivity index (χ4n) is 4.26. The van der Waals surface area contributed by atoms with E-state index in [0.29, 0.717) is 46.5 Å². The number of ether oxygens (including phenoxy) is 2. The molecule has 0 saturated carbocycles. The van der Waals surface area contributed by atoms with Gasteiger partial charge in [0.05, 0.1) is 35.0 Å². The Kier molecular flexibility index (Phi) is 6.43. The first-order valence-electron chi connectivity index (χ1n) is 11.6. The first-order valence-corrected chi connectivity index (χ1v) is 12.5. The lowest BCUT2D eigenvalue weighted by Crippen LogP contribution is -2.29. The average molecular weight is 501 g/mol. The minimum atomic E-state index is -0.854. The highest BCUT2D eigenvalue weighted by Gasteiger charge is 2.48. The lowest BCUT2D eigenvalue weighted by atomic mass is 9.95. The summed E-state index contributed by atoms with van der Waals surface area (Å²) in [7, 11) is 0. The molecule has 36 heavy (non-hydrogen) atoms. The summed E-state index contributed by atoms with van der Waals surface area (Å²) in [4.78, 5) is 32.8. The SMILES string of the molecule is CCOc1ccc([C@H]2C(=C(O)c3ccccc3)C(=O)C(=O)N2c2nc3ccc(OCC)cc3s2)cc1. The van der Waals surface area contributed by atoms with Crippen molar-refractivity contribution in [2.75, 3.05) is 18.1 Å². The van der Waals surface area contributed by atoms with E-state index in [1.165, 1.54) is 16.2 Å². The normalized spacial score (nSPS) is 17.1. The van der Waals surface area contributed by atoms with Gasteiger partial charge in [0.15, 0.2) is 5.13 Å². The number of amides is 1. The number of hydrogen-bond acceptors (Lipinski definition) is 7. The van der Waals surface area contributed by atoms with Gasteiger partial charge in [-0.25, -0.2) is 4.98 Å². The third-order valence-electron chi connectivity index (χ3n) is 5.86. The van der Waals surface area contributed by atoms with Crippen LogP contribution in [0.1, 0.15) is 31.0 Å². The summed E-state index contributed by atoms with van der Waals surface area (Å²) in [6.07, 6.45) is 0. The molecule has 4 aromatic rings. The molecule has 1 aliphatic rings. The van der Waals surface area contributed by atoms with Crippen molar-refractivity contribution >= 4 is 44.1 Å². The average Bonchev–Trinajstić information content (AvgIpc) is 3.43. The van der Waals surface area contributed by atoms with Crippen LogP contribution in [0.15, 0.2) is 78.4 Å². The van der Waals surface area contributed by atoms with Crippen LogP contribution in [0.2, 0.25) is 0 Å². The van der Waals surface area contributed by atoms with E-state index in [1.807, 2.05) is 38.1 Å². The highest BCUT2D eigenvalue weighted by atomic mass is 32.1. The second-order valence-corrected chi connectivity index (χ2v) is 9.11. The summed E-state index contributed by atoms with van der Waals surface area (Å²) in [6.45, 7) is 4.85. The van der Waals surface area contributed by atoms with E-state index in [2.05, 4.69) is 4.98 Å². The number of aromatic nitrogens is 1. The number of benzene rings is 3. The second-order valence-electron chi connectivity index (χ2n) is 8.10. The zero-order valence-corrected chi connectivity index (χ0v) is 20.6. The van der Waals surface area contributed by atoms with E-state index >= 15 is 0 Å². The molecule has 8 heteroatoms. The summed E-state index contributed by atoms with van der Waals surface area (Å²) in [5, 5.41) is 11.6. The number of aliphatic hydroxyl groups excluding tert-OH is 1. The molecule has 2 heterocycles. The van der Waals surface area contributed by atoms with Crippen molar-refractivity contribution < 1.29 is 24.2 Å². The molecule has 1 saturated heterocycles. The van der Waals surface area contributed by atoms with Crippen molar-refractivity contribution in [3.63, 3.8) is 0 Å². The standard InChI is InChI=1S/C28H24N2O5S/c1-3-34-19-12-10-17(11-13-19)24-23(25(31)18-8-6-5-7-9-18)26(32)27(33)30(24)28-29-21-15-14-20(35-4-2)16-22(21)36-28/h5-16,24,31H,3-4H2,1-2H3/t24-/m0/s1. The maximum absolute atomic E-state index is 13.4. The number of aliphatic hydroxyl groups is 1. The number of carbonyl (C=O) groups excluding carboxylic acids is 2. The van der Waals surface area contributed by atoms with E-state index in [-0.39, 0.29) is 11.3 Å². The van der Waals surface area contributed by atoms with Crippen molar-refractivity contribution in [2.45, 2.75) is 19.9 Å². The minimum absolute atomic E-state index is 0.0182. The van der Waals surface area contributed by atoms with Crippen LogP contribution in [0.5, 0.6) is 11.5 Å². The fraction of sp³-hybridized carbons (Fsp3) is 0.179. The Hall–Kier alpha value is -4.17. The number of hydrogen-bond donors (Lipinski definition) is 1. The van der Waals surface area contributed by atoms with Gasteiger partial charge >= 0.3 is 5.91 Å². The zero-order chi connectivity index (χ0) is 25.2. The molecule has 182 valence electrons. The molecule has 1 amide bonds. The van der Waals surface area contributed by atoms with Gasteiger partial charge in [0.1, 0.15) is 17.3 Å². The van der Waals surface area contributed by atoms with Crippen LogP contribution < -0.4 is 14.4 Å². The molecule has 1 atom stereocenters. The number of nitrogens with zero attached hydrogens (tertiary/aromatic N) is 2. The van der Waals surface area contributed by atoms with Crippen molar-refractivity contribution in [1.29, 1.82) is 0 Å². The van der Waals surface area contributed by atoms with Gasteiger partial charge in [-0.05, 0) is 49.7 Å². The third kappa shape index (κ3) is 4.20. The van der Waals surface area contributed by atoms with E-state index < -0.39 is 17.7 Å². The van der Waals surface area contributed by atoms with Crippen molar-refractivity contribution in [3.05, 3.63) is 89.5 Å². The molecule has 1 N–H and O–H groups in total. The molecule has 0 bridgehead atoms. The van der Waals surface area contributed by atoms with Crippen molar-refractivity contribution in [3.8, 4) is 11.5 Å². The first-order chi connectivity index (χ1) is 17.5. The van der Waals surface area contributed by atoms with Crippen LogP contribution in [-0.4, -0.2) is 35.0 Å². The van der Waals surface area contributed by atoms with Gasteiger partial charge in [0.25, 0.3) is 5.78 Å². The molecular formula is C28H24N2O5S. The monoisotopic (exact) mass is 500 g/mol. The van der Waals surface area contributed by atoms with Gasteiger partial charge < -0.3 is 14.6 Å². The predicted molar refractivity (Wildman–Crippen MR) is 140 cm³/mol. The van der Waals surface area contributed by atoms with Gasteiger partial charge in [0, 0.05) is 5.56 Å². The number of carbonyl (C=O) groups is 2. The van der Waals surface area contributed by atoms with Gasteiger partial charge in [-0.1, -0.05) is 53.8 Å². The van der Waals surface area contributed by atoms with Crippen LogP contribution >= 0.6 is 11.3 Å². The largest absolute Gasteiger partial charge is 0.507 e. The van der Waals surface area contributed by atoms with E-state index in [9.17, 15) is 14.7 Å². The number of thiazole rings is 1. The summed E-state index contributed by atoms with van der Waals surface area (Å²) < 4.78 is 12.0. The Morgan fingerprint density at radius 1 is 0.944 bits per heavy atom. The number of anilines is 1. The van der Waals surface area contributed by atoms with E-state index in [4.69, 9.17) is 9.47 Å². The molecule has 1 fully saturated rings. The Morgan fingerprint density at radius 2 is 1.61 bits per heavy atom. The Labute approximate surface area is 212 Å². The molecule has 7 nitrogen and oxygen atoms in total. The van der Waals surface area contributed by atoms with E-state index in [1.54, 1.807) is 48.5 Å². The highest BCUT2D eigenvalue weighted by Crippen LogP contribution is 2.44. The van der Waals surface area contributed by atoms with Crippen molar-refractivity contribution in [2.24, 2.45) is 0 Å². The van der Waals surface area contributed by atoms with Gasteiger partial charge in [-0.15, -0.1) is 0 Å². The Balaban J connectivity index is 1.67. The molecule has 0 unspecified atom stereocenters. The Bertz CT molecular complexity index is 1460. The number of Topliss-reactive ketones (excluding diaryl/α,β-unsaturated/α-hetero) is 1. The number of rotatable bonds is 7. The predicted octanol–water partition coefficient (Wildman–Crippen LogP) is 5.72. The van der Waals surface area contributed by atoms with Crippen LogP contribution in [0.3, 0.4) is 0 Å².